The summed E-state index contributed by atoms with van der Waals surface area (Å²) in [5.41, 5.74) is -0.234. The summed E-state index contributed by atoms with van der Waals surface area (Å²) in [6, 6.07) is 0. The molecule has 0 spiro atoms. The molecule has 1 saturated heterocycles. The summed E-state index contributed by atoms with van der Waals surface area (Å²) in [5.74, 6) is 2.25. The van der Waals surface area contributed by atoms with Crippen molar-refractivity contribution in [3.63, 3.8) is 0 Å². The predicted octanol–water partition coefficient (Wildman–Crippen LogP) is 0.754. The highest BCUT2D eigenvalue weighted by atomic mass is 32.1. The molecule has 5 N–H and O–H groups in total. The Balaban J connectivity index is 1.30. The molecular formula is C20H28N2O6S. The Kier molecular flexibility index (Phi) is 4.96. The highest BCUT2D eigenvalue weighted by Gasteiger charge is 2.55. The highest BCUT2D eigenvalue weighted by Crippen LogP contribution is 2.61. The van der Waals surface area contributed by atoms with E-state index >= 15 is 0 Å². The van der Waals surface area contributed by atoms with Crippen molar-refractivity contribution in [3.05, 3.63) is 11.1 Å². The van der Waals surface area contributed by atoms with E-state index in [0.29, 0.717) is 27.8 Å². The molecule has 0 radical (unpaired) electrons. The van der Waals surface area contributed by atoms with Gasteiger partial charge in [0.15, 0.2) is 17.1 Å². The summed E-state index contributed by atoms with van der Waals surface area (Å²) >= 11 is 1.23. The van der Waals surface area contributed by atoms with Crippen molar-refractivity contribution in [1.29, 1.82) is 0 Å². The van der Waals surface area contributed by atoms with E-state index in [1.54, 1.807) is 6.20 Å². The fourth-order valence-corrected chi connectivity index (χ4v) is 7.34. The second-order valence-corrected chi connectivity index (χ2v) is 10.5. The quantitative estimate of drug-likeness (QED) is 0.438. The summed E-state index contributed by atoms with van der Waals surface area (Å²) in [4.78, 5) is 18.3. The van der Waals surface area contributed by atoms with E-state index in [1.165, 1.54) is 30.6 Å². The van der Waals surface area contributed by atoms with Gasteiger partial charge in [-0.1, -0.05) is 11.3 Å². The minimum absolute atomic E-state index is 0.191. The van der Waals surface area contributed by atoms with Crippen LogP contribution in [-0.4, -0.2) is 68.4 Å². The predicted molar refractivity (Wildman–Crippen MR) is 104 cm³/mol. The van der Waals surface area contributed by atoms with Crippen LogP contribution >= 0.6 is 11.3 Å². The van der Waals surface area contributed by atoms with E-state index in [-0.39, 0.29) is 11.2 Å². The Bertz CT molecular complexity index is 747. The van der Waals surface area contributed by atoms with Gasteiger partial charge in [-0.15, -0.1) is 0 Å². The largest absolute Gasteiger partial charge is 0.394 e. The van der Waals surface area contributed by atoms with Gasteiger partial charge in [0, 0.05) is 5.41 Å². The standard InChI is InChI=1S/C20H28N2O6S/c23-8-12-14(24)15(25)16(26)18(28-12)22-19-21-7-13(29-19)17(27)20-4-9-1-10(5-20)3-11(2-9)6-20/h7,9-12,14-16,18,23-26H,1-6,8H2,(H,21,22)/t9?,10?,11?,12?,14-,15+,16?,18+,20?/m1/s1. The maximum absolute atomic E-state index is 13.4. The Morgan fingerprint density at radius 3 is 2.31 bits per heavy atom. The molecule has 1 aliphatic heterocycles. The van der Waals surface area contributed by atoms with E-state index in [9.17, 15) is 25.2 Å². The van der Waals surface area contributed by atoms with Gasteiger partial charge in [-0.3, -0.25) is 4.79 Å². The Morgan fingerprint density at radius 2 is 1.72 bits per heavy atom. The topological polar surface area (TPSA) is 132 Å². The molecule has 4 saturated carbocycles. The SMILES string of the molecule is O=C(c1cnc(N[C@H]2OC(CO)[C@@H](O)[C@H](O)C2O)s1)C12CC3CC(CC(C3)C1)C2. The molecule has 0 aromatic carbocycles. The summed E-state index contributed by atoms with van der Waals surface area (Å²) in [7, 11) is 0. The van der Waals surface area contributed by atoms with E-state index in [4.69, 9.17) is 4.74 Å². The summed E-state index contributed by atoms with van der Waals surface area (Å²) in [5, 5.41) is 42.6. The summed E-state index contributed by atoms with van der Waals surface area (Å²) in [6.07, 6.45) is 2.11. The molecule has 8 nitrogen and oxygen atoms in total. The molecular weight excluding hydrogens is 396 g/mol. The first-order valence-corrected chi connectivity index (χ1v) is 11.3. The molecule has 5 aliphatic rings. The molecule has 5 atom stereocenters. The van der Waals surface area contributed by atoms with Gasteiger partial charge in [-0.05, 0) is 56.3 Å². The first-order valence-electron chi connectivity index (χ1n) is 10.5. The molecule has 29 heavy (non-hydrogen) atoms. The smallest absolute Gasteiger partial charge is 0.185 e. The number of thiazole rings is 1. The highest BCUT2D eigenvalue weighted by molar-refractivity contribution is 7.17. The van der Waals surface area contributed by atoms with Crippen molar-refractivity contribution in [1.82, 2.24) is 4.98 Å². The van der Waals surface area contributed by atoms with Crippen LogP contribution in [0.25, 0.3) is 0 Å². The third-order valence-corrected chi connectivity index (χ3v) is 8.33. The number of aliphatic hydroxyl groups is 4. The number of ketones is 1. The average molecular weight is 425 g/mol. The van der Waals surface area contributed by atoms with Crippen LogP contribution in [0.5, 0.6) is 0 Å². The van der Waals surface area contributed by atoms with Crippen molar-refractivity contribution in [2.24, 2.45) is 23.2 Å². The summed E-state index contributed by atoms with van der Waals surface area (Å²) < 4.78 is 5.47. The molecule has 6 rings (SSSR count). The van der Waals surface area contributed by atoms with Gasteiger partial charge in [-0.25, -0.2) is 4.98 Å². The zero-order chi connectivity index (χ0) is 20.3. The molecule has 1 aromatic rings. The number of ether oxygens (including phenoxy) is 1. The number of aliphatic hydroxyl groups excluding tert-OH is 4. The van der Waals surface area contributed by atoms with Crippen LogP contribution in [0.4, 0.5) is 5.13 Å². The third kappa shape index (κ3) is 3.32. The molecule has 4 aliphatic carbocycles. The fraction of sp³-hybridized carbons (Fsp3) is 0.800. The van der Waals surface area contributed by atoms with Crippen molar-refractivity contribution in [2.75, 3.05) is 11.9 Å². The van der Waals surface area contributed by atoms with Gasteiger partial charge in [0.25, 0.3) is 0 Å². The lowest BCUT2D eigenvalue weighted by atomic mass is 9.48. The Morgan fingerprint density at radius 1 is 1.10 bits per heavy atom. The lowest BCUT2D eigenvalue weighted by molar-refractivity contribution is -0.221. The van der Waals surface area contributed by atoms with Gasteiger partial charge < -0.3 is 30.5 Å². The number of nitrogens with zero attached hydrogens (tertiary/aromatic N) is 1. The monoisotopic (exact) mass is 424 g/mol. The zero-order valence-electron chi connectivity index (χ0n) is 16.1. The number of hydrogen-bond donors (Lipinski definition) is 5. The van der Waals surface area contributed by atoms with Crippen LogP contribution in [0.2, 0.25) is 0 Å². The van der Waals surface area contributed by atoms with Gasteiger partial charge in [0.2, 0.25) is 0 Å². The maximum atomic E-state index is 13.4. The normalized spacial score (nSPS) is 46.1. The maximum Gasteiger partial charge on any atom is 0.185 e. The van der Waals surface area contributed by atoms with Crippen molar-refractivity contribution < 1.29 is 30.0 Å². The molecule has 2 heterocycles. The van der Waals surface area contributed by atoms with Gasteiger partial charge in [-0.2, -0.15) is 0 Å². The number of nitrogens with one attached hydrogen (secondary N) is 1. The van der Waals surface area contributed by atoms with Crippen molar-refractivity contribution >= 4 is 22.3 Å². The van der Waals surface area contributed by atoms with Crippen molar-refractivity contribution in [3.8, 4) is 0 Å². The Hall–Kier alpha value is -1.10. The van der Waals surface area contributed by atoms with E-state index in [1.807, 2.05) is 0 Å². The van der Waals surface area contributed by atoms with Crippen LogP contribution in [-0.2, 0) is 4.74 Å². The van der Waals surface area contributed by atoms with Crippen LogP contribution in [0.15, 0.2) is 6.20 Å². The number of rotatable bonds is 5. The molecule has 5 fully saturated rings. The number of aromatic nitrogens is 1. The second kappa shape index (κ2) is 7.25. The fourth-order valence-electron chi connectivity index (χ4n) is 6.44. The molecule has 0 amide bonds. The number of hydrogen-bond acceptors (Lipinski definition) is 9. The molecule has 2 unspecified atom stereocenters. The molecule has 160 valence electrons. The number of Topliss-reactive ketones (excluding diaryl/α,β-unsaturated/α-hetero) is 1. The van der Waals surface area contributed by atoms with Crippen LogP contribution in [0, 0.1) is 23.2 Å². The van der Waals surface area contributed by atoms with Crippen LogP contribution < -0.4 is 5.32 Å². The Labute approximate surface area is 172 Å². The molecule has 4 bridgehead atoms. The van der Waals surface area contributed by atoms with Gasteiger partial charge in [0.1, 0.15) is 24.4 Å². The van der Waals surface area contributed by atoms with E-state index < -0.39 is 37.3 Å². The molecule has 9 heteroatoms. The first-order chi connectivity index (χ1) is 13.9. The second-order valence-electron chi connectivity index (χ2n) is 9.45. The zero-order valence-corrected chi connectivity index (χ0v) is 16.9. The summed E-state index contributed by atoms with van der Waals surface area (Å²) in [6.45, 7) is -0.489. The third-order valence-electron chi connectivity index (χ3n) is 7.41. The average Bonchev–Trinajstić information content (AvgIpc) is 3.15. The molecule has 1 aromatic heterocycles. The minimum Gasteiger partial charge on any atom is -0.394 e. The van der Waals surface area contributed by atoms with Crippen LogP contribution in [0.1, 0.15) is 48.2 Å². The van der Waals surface area contributed by atoms with E-state index in [2.05, 4.69) is 10.3 Å². The van der Waals surface area contributed by atoms with Crippen molar-refractivity contribution in [2.45, 2.75) is 69.2 Å². The lowest BCUT2D eigenvalue weighted by Crippen LogP contribution is -2.60. The van der Waals surface area contributed by atoms with E-state index in [0.717, 1.165) is 19.3 Å². The lowest BCUT2D eigenvalue weighted by Gasteiger charge is -2.55. The first kappa shape index (κ1) is 19.8. The van der Waals surface area contributed by atoms with Crippen LogP contribution in [0.3, 0.4) is 0 Å². The minimum atomic E-state index is -1.45. The number of carbonyl (C=O) groups is 1. The number of carbonyl (C=O) groups excluding carboxylic acids is 1. The number of anilines is 1. The van der Waals surface area contributed by atoms with Gasteiger partial charge >= 0.3 is 0 Å². The van der Waals surface area contributed by atoms with Gasteiger partial charge in [0.05, 0.1) is 17.7 Å².